The van der Waals surface area contributed by atoms with E-state index in [1.165, 1.54) is 17.0 Å². The maximum atomic E-state index is 15.1. The number of hydrogen-bond donors (Lipinski definition) is 1. The van der Waals surface area contributed by atoms with Gasteiger partial charge < -0.3 is 9.64 Å². The molecule has 0 aliphatic carbocycles. The van der Waals surface area contributed by atoms with E-state index in [-0.39, 0.29) is 23.7 Å². The van der Waals surface area contributed by atoms with Crippen molar-refractivity contribution >= 4 is 39.3 Å². The van der Waals surface area contributed by atoms with Gasteiger partial charge in [0.25, 0.3) is 10.1 Å². The zero-order chi connectivity index (χ0) is 23.3. The Hall–Kier alpha value is -2.30. The van der Waals surface area contributed by atoms with Crippen LogP contribution in [0.1, 0.15) is 24.0 Å². The van der Waals surface area contributed by atoms with Crippen LogP contribution in [0.2, 0.25) is 0 Å². The summed E-state index contributed by atoms with van der Waals surface area (Å²) < 4.78 is 53.6. The molecule has 176 valence electrons. The summed E-state index contributed by atoms with van der Waals surface area (Å²) in [6.07, 6.45) is 1.03. The van der Waals surface area contributed by atoms with E-state index in [0.717, 1.165) is 29.9 Å². The minimum absolute atomic E-state index is 0.119. The van der Waals surface area contributed by atoms with Gasteiger partial charge in [0.2, 0.25) is 0 Å². The normalized spacial score (nSPS) is 24.9. The molecule has 5 rings (SSSR count). The van der Waals surface area contributed by atoms with Crippen molar-refractivity contribution in [3.8, 4) is 0 Å². The topological polar surface area (TPSA) is 87.2 Å². The number of rotatable bonds is 5. The fourth-order valence-electron chi connectivity index (χ4n) is 5.10. The Morgan fingerprint density at radius 3 is 2.55 bits per heavy atom. The highest BCUT2D eigenvalue weighted by molar-refractivity contribution is 7.99. The molecule has 3 saturated heterocycles. The minimum atomic E-state index is -4.41. The highest BCUT2D eigenvalue weighted by Crippen LogP contribution is 2.40. The van der Waals surface area contributed by atoms with Crippen LogP contribution in [-0.4, -0.2) is 55.3 Å². The number of ether oxygens (including phenoxy) is 1. The van der Waals surface area contributed by atoms with E-state index in [1.807, 2.05) is 18.7 Å². The minimum Gasteiger partial charge on any atom is -0.444 e. The van der Waals surface area contributed by atoms with Crippen molar-refractivity contribution in [1.29, 1.82) is 0 Å². The molecule has 33 heavy (non-hydrogen) atoms. The van der Waals surface area contributed by atoms with Crippen LogP contribution in [0.3, 0.4) is 0 Å². The predicted octanol–water partition coefficient (Wildman–Crippen LogP) is 4.03. The lowest BCUT2D eigenvalue weighted by atomic mass is 10.1. The molecular weight excluding hydrogens is 467 g/mol. The van der Waals surface area contributed by atoms with Crippen LogP contribution in [-0.2, 0) is 21.3 Å². The van der Waals surface area contributed by atoms with Crippen LogP contribution in [0.25, 0.3) is 0 Å². The molecular formula is C23H25FN2O5S2. The van der Waals surface area contributed by atoms with Crippen LogP contribution < -0.4 is 9.80 Å². The van der Waals surface area contributed by atoms with Gasteiger partial charge in [-0.25, -0.2) is 9.18 Å². The molecule has 3 aliphatic heterocycles. The smallest absolute Gasteiger partial charge is 0.414 e. The van der Waals surface area contributed by atoms with Gasteiger partial charge in [-0.2, -0.15) is 20.2 Å². The predicted molar refractivity (Wildman–Crippen MR) is 125 cm³/mol. The number of nitrogens with zero attached hydrogens (tertiary/aromatic N) is 2. The van der Waals surface area contributed by atoms with Crippen molar-refractivity contribution in [3.63, 3.8) is 0 Å². The summed E-state index contributed by atoms with van der Waals surface area (Å²) in [6.45, 7) is 1.96. The van der Waals surface area contributed by atoms with Crippen molar-refractivity contribution in [2.45, 2.75) is 49.3 Å². The van der Waals surface area contributed by atoms with Gasteiger partial charge in [0.1, 0.15) is 11.9 Å². The molecule has 0 radical (unpaired) electrons. The number of benzene rings is 2. The summed E-state index contributed by atoms with van der Waals surface area (Å²) >= 11 is 1.92. The third-order valence-corrected chi connectivity index (χ3v) is 8.77. The first-order valence-electron chi connectivity index (χ1n) is 10.9. The van der Waals surface area contributed by atoms with Gasteiger partial charge in [0.15, 0.2) is 0 Å². The number of carbonyl (C=O) groups excluding carboxylic acids is 1. The Bertz CT molecular complexity index is 1190. The third-order valence-electron chi connectivity index (χ3n) is 6.58. The Morgan fingerprint density at radius 1 is 1.15 bits per heavy atom. The van der Waals surface area contributed by atoms with E-state index >= 15 is 4.39 Å². The van der Waals surface area contributed by atoms with Crippen molar-refractivity contribution in [2.24, 2.45) is 0 Å². The Morgan fingerprint density at radius 2 is 1.88 bits per heavy atom. The van der Waals surface area contributed by atoms with Crippen LogP contribution in [0.15, 0.2) is 41.3 Å². The average molecular weight is 493 g/mol. The van der Waals surface area contributed by atoms with Crippen LogP contribution in [0, 0.1) is 12.7 Å². The second-order valence-corrected chi connectivity index (χ2v) is 11.3. The Labute approximate surface area is 196 Å². The second kappa shape index (κ2) is 8.48. The number of halogens is 1. The molecule has 0 spiro atoms. The lowest BCUT2D eigenvalue weighted by Crippen LogP contribution is -2.43. The van der Waals surface area contributed by atoms with Crippen LogP contribution in [0.5, 0.6) is 0 Å². The number of hydrogen-bond acceptors (Lipinski definition) is 6. The van der Waals surface area contributed by atoms with E-state index in [1.54, 1.807) is 24.3 Å². The number of fused-ring (bicyclic) bond motifs is 2. The molecule has 3 aliphatic rings. The van der Waals surface area contributed by atoms with E-state index in [2.05, 4.69) is 4.90 Å². The van der Waals surface area contributed by atoms with Crippen molar-refractivity contribution in [1.82, 2.24) is 0 Å². The van der Waals surface area contributed by atoms with Crippen molar-refractivity contribution in [2.75, 3.05) is 27.9 Å². The van der Waals surface area contributed by atoms with Gasteiger partial charge >= 0.3 is 6.09 Å². The van der Waals surface area contributed by atoms with E-state index in [9.17, 15) is 17.8 Å². The summed E-state index contributed by atoms with van der Waals surface area (Å²) in [4.78, 5) is 15.9. The Kier molecular flexibility index (Phi) is 5.78. The first-order valence-corrected chi connectivity index (χ1v) is 13.5. The maximum absolute atomic E-state index is 15.1. The molecule has 1 amide bonds. The lowest BCUT2D eigenvalue weighted by Gasteiger charge is -2.36. The van der Waals surface area contributed by atoms with Crippen LogP contribution in [0.4, 0.5) is 20.6 Å². The zero-order valence-corrected chi connectivity index (χ0v) is 19.7. The number of aryl methyl sites for hydroxylation is 1. The van der Waals surface area contributed by atoms with Gasteiger partial charge in [-0.1, -0.05) is 17.7 Å². The summed E-state index contributed by atoms with van der Waals surface area (Å²) in [7, 11) is -4.41. The number of anilines is 2. The fourth-order valence-corrected chi connectivity index (χ4v) is 7.15. The van der Waals surface area contributed by atoms with Gasteiger partial charge in [-0.05, 0) is 49.6 Å². The molecule has 2 aromatic rings. The molecule has 7 nitrogen and oxygen atoms in total. The SMILES string of the molecule is Cc1ccc(S(=O)(=O)O)c(C[C@@H]2CN(c3ccc(N4C5CCC4CSC5)c(F)c3)C(=O)O2)c1. The van der Waals surface area contributed by atoms with E-state index < -0.39 is 22.3 Å². The monoisotopic (exact) mass is 492 g/mol. The summed E-state index contributed by atoms with van der Waals surface area (Å²) in [6, 6.07) is 10.1. The van der Waals surface area contributed by atoms with Crippen molar-refractivity contribution < 1.29 is 26.9 Å². The molecule has 3 fully saturated rings. The molecule has 10 heteroatoms. The summed E-state index contributed by atoms with van der Waals surface area (Å²) in [5.74, 6) is 1.64. The van der Waals surface area contributed by atoms with Gasteiger partial charge in [0, 0.05) is 30.0 Å². The van der Waals surface area contributed by atoms with Gasteiger partial charge in [0.05, 0.1) is 22.8 Å². The maximum Gasteiger partial charge on any atom is 0.414 e. The summed E-state index contributed by atoms with van der Waals surface area (Å²) in [5.41, 5.74) is 2.17. The van der Waals surface area contributed by atoms with E-state index in [0.29, 0.717) is 29.0 Å². The van der Waals surface area contributed by atoms with Crippen molar-refractivity contribution in [3.05, 3.63) is 53.3 Å². The first-order chi connectivity index (χ1) is 15.7. The molecule has 0 aromatic heterocycles. The Balaban J connectivity index is 1.35. The number of carbonyl (C=O) groups is 1. The number of cyclic esters (lactones) is 1. The highest BCUT2D eigenvalue weighted by atomic mass is 32.2. The fraction of sp³-hybridized carbons (Fsp3) is 0.435. The molecule has 1 N–H and O–H groups in total. The third kappa shape index (κ3) is 4.31. The highest BCUT2D eigenvalue weighted by Gasteiger charge is 2.39. The van der Waals surface area contributed by atoms with Gasteiger partial charge in [-0.15, -0.1) is 0 Å². The van der Waals surface area contributed by atoms with Gasteiger partial charge in [-0.3, -0.25) is 9.45 Å². The largest absolute Gasteiger partial charge is 0.444 e. The quantitative estimate of drug-likeness (QED) is 0.631. The lowest BCUT2D eigenvalue weighted by molar-refractivity contribution is 0.141. The number of thioether (sulfide) groups is 1. The first kappa shape index (κ1) is 22.5. The average Bonchev–Trinajstić information content (AvgIpc) is 3.21. The molecule has 2 unspecified atom stereocenters. The second-order valence-electron chi connectivity index (χ2n) is 8.87. The number of amides is 1. The van der Waals surface area contributed by atoms with Crippen LogP contribution >= 0.6 is 11.8 Å². The zero-order valence-electron chi connectivity index (χ0n) is 18.1. The molecule has 0 saturated carbocycles. The molecule has 3 atom stereocenters. The van der Waals surface area contributed by atoms with E-state index in [4.69, 9.17) is 4.74 Å². The molecule has 2 bridgehead atoms. The molecule has 3 heterocycles. The summed E-state index contributed by atoms with van der Waals surface area (Å²) in [5, 5.41) is 0. The standard InChI is InChI=1S/C23H25FN2O5S2/c1-14-2-7-22(33(28,29)30)15(8-14)9-19-11-25(23(27)31-19)16-5-6-21(20(24)10-16)26-17-3-4-18(26)13-32-12-17/h2,5-8,10,17-19H,3-4,9,11-13H2,1H3,(H,28,29,30)/t17?,18?,19-/m1/s1. The molecule has 2 aromatic carbocycles.